The van der Waals surface area contributed by atoms with Crippen LogP contribution in [0.2, 0.25) is 0 Å². The average Bonchev–Trinajstić information content (AvgIpc) is 2.64. The molecule has 0 spiro atoms. The molecule has 5 heteroatoms. The highest BCUT2D eigenvalue weighted by molar-refractivity contribution is 6.22. The number of hydrogen-bond donors (Lipinski definition) is 1. The molecular weight excluding hydrogens is 353 g/mol. The standard InChI is InChI=1S/C21H27ClFNO2/c22-18-7-5-17(6-8-18)21(26)11-14-24(15-12-21)13-1-2-20(25)16-3-9-19(23)10-4-16/h3,5-7,9-10,16,18,26H,1-2,4,8,11-15H2. The van der Waals surface area contributed by atoms with Gasteiger partial charge in [-0.1, -0.05) is 24.3 Å². The first kappa shape index (κ1) is 19.5. The highest BCUT2D eigenvalue weighted by Crippen LogP contribution is 2.33. The van der Waals surface area contributed by atoms with Crippen LogP contribution in [0.5, 0.6) is 0 Å². The third-order valence-corrected chi connectivity index (χ3v) is 5.96. The SMILES string of the molecule is O=C(CCCN1CCC(O)(C2=CCC(Cl)C=C2)CC1)C1C=CC(F)=CC1. The maximum Gasteiger partial charge on any atom is 0.140 e. The number of nitrogens with zero attached hydrogens (tertiary/aromatic N) is 1. The fourth-order valence-electron chi connectivity index (χ4n) is 3.87. The number of ketones is 1. The van der Waals surface area contributed by atoms with Crippen molar-refractivity contribution < 1.29 is 14.3 Å². The van der Waals surface area contributed by atoms with Gasteiger partial charge >= 0.3 is 0 Å². The largest absolute Gasteiger partial charge is 0.385 e. The van der Waals surface area contributed by atoms with E-state index in [1.807, 2.05) is 12.2 Å². The molecule has 3 rings (SSSR count). The Balaban J connectivity index is 1.39. The highest BCUT2D eigenvalue weighted by atomic mass is 35.5. The molecule has 1 fully saturated rings. The van der Waals surface area contributed by atoms with Gasteiger partial charge in [-0.2, -0.15) is 0 Å². The third-order valence-electron chi connectivity index (χ3n) is 5.63. The Morgan fingerprint density at radius 1 is 1.23 bits per heavy atom. The molecule has 3 nitrogen and oxygen atoms in total. The van der Waals surface area contributed by atoms with Crippen LogP contribution in [0, 0.1) is 5.92 Å². The van der Waals surface area contributed by atoms with Crippen LogP contribution < -0.4 is 0 Å². The van der Waals surface area contributed by atoms with Crippen molar-refractivity contribution in [2.45, 2.75) is 49.5 Å². The van der Waals surface area contributed by atoms with Gasteiger partial charge in [0.25, 0.3) is 0 Å². The summed E-state index contributed by atoms with van der Waals surface area (Å²) in [4.78, 5) is 14.5. The van der Waals surface area contributed by atoms with Crippen molar-refractivity contribution in [2.24, 2.45) is 5.92 Å². The van der Waals surface area contributed by atoms with Crippen molar-refractivity contribution >= 4 is 17.4 Å². The molecule has 0 saturated carbocycles. The smallest absolute Gasteiger partial charge is 0.140 e. The average molecular weight is 380 g/mol. The number of piperidine rings is 1. The Morgan fingerprint density at radius 3 is 2.62 bits per heavy atom. The van der Waals surface area contributed by atoms with Gasteiger partial charge in [0, 0.05) is 25.4 Å². The number of alkyl halides is 1. The lowest BCUT2D eigenvalue weighted by molar-refractivity contribution is -0.121. The summed E-state index contributed by atoms with van der Waals surface area (Å²) in [5.74, 6) is -0.234. The maximum absolute atomic E-state index is 13.0. The van der Waals surface area contributed by atoms with Crippen LogP contribution in [0.1, 0.15) is 38.5 Å². The Kier molecular flexibility index (Phi) is 6.49. The second-order valence-corrected chi connectivity index (χ2v) is 8.06. The fourth-order valence-corrected chi connectivity index (χ4v) is 4.03. The number of aliphatic hydroxyl groups is 1. The van der Waals surface area contributed by atoms with E-state index in [-0.39, 0.29) is 22.9 Å². The van der Waals surface area contributed by atoms with Gasteiger partial charge in [0.15, 0.2) is 0 Å². The molecule has 0 aromatic heterocycles. The monoisotopic (exact) mass is 379 g/mol. The van der Waals surface area contributed by atoms with Gasteiger partial charge in [-0.05, 0) is 56.4 Å². The number of rotatable bonds is 6. The summed E-state index contributed by atoms with van der Waals surface area (Å²) in [7, 11) is 0. The minimum absolute atomic E-state index is 0.0333. The van der Waals surface area contributed by atoms with E-state index >= 15 is 0 Å². The fraction of sp³-hybridized carbons (Fsp3) is 0.571. The van der Waals surface area contributed by atoms with Crippen molar-refractivity contribution in [3.63, 3.8) is 0 Å². The summed E-state index contributed by atoms with van der Waals surface area (Å²) in [6.07, 6.45) is 14.5. The lowest BCUT2D eigenvalue weighted by atomic mass is 9.81. The maximum atomic E-state index is 13.0. The van der Waals surface area contributed by atoms with Crippen molar-refractivity contribution in [3.05, 3.63) is 47.9 Å². The quantitative estimate of drug-likeness (QED) is 0.707. The molecule has 3 aliphatic rings. The summed E-state index contributed by atoms with van der Waals surface area (Å²) in [5, 5.41) is 11.0. The molecule has 26 heavy (non-hydrogen) atoms. The summed E-state index contributed by atoms with van der Waals surface area (Å²) in [6, 6.07) is 0. The zero-order valence-electron chi connectivity index (χ0n) is 15.0. The molecule has 2 aliphatic carbocycles. The van der Waals surface area contributed by atoms with Gasteiger partial charge < -0.3 is 10.0 Å². The second kappa shape index (κ2) is 8.64. The van der Waals surface area contributed by atoms with E-state index in [2.05, 4.69) is 11.0 Å². The first-order chi connectivity index (χ1) is 12.5. The van der Waals surface area contributed by atoms with Gasteiger partial charge in [0.1, 0.15) is 11.6 Å². The first-order valence-corrected chi connectivity index (χ1v) is 9.94. The molecule has 0 bridgehead atoms. The van der Waals surface area contributed by atoms with Crippen LogP contribution in [-0.4, -0.2) is 46.4 Å². The highest BCUT2D eigenvalue weighted by Gasteiger charge is 2.35. The van der Waals surface area contributed by atoms with Crippen molar-refractivity contribution in [1.29, 1.82) is 0 Å². The molecule has 2 unspecified atom stereocenters. The number of hydrogen-bond acceptors (Lipinski definition) is 3. The summed E-state index contributed by atoms with van der Waals surface area (Å²) in [6.45, 7) is 2.52. The van der Waals surface area contributed by atoms with Gasteiger partial charge in [0.2, 0.25) is 0 Å². The minimum atomic E-state index is -0.747. The molecule has 1 N–H and O–H groups in total. The van der Waals surface area contributed by atoms with Crippen molar-refractivity contribution in [2.75, 3.05) is 19.6 Å². The molecule has 1 heterocycles. The topological polar surface area (TPSA) is 40.5 Å². The Morgan fingerprint density at radius 2 is 2.00 bits per heavy atom. The van der Waals surface area contributed by atoms with Crippen LogP contribution in [0.4, 0.5) is 4.39 Å². The number of halogens is 2. The molecule has 1 saturated heterocycles. The number of carbonyl (C=O) groups is 1. The lowest BCUT2D eigenvalue weighted by Crippen LogP contribution is -2.45. The van der Waals surface area contributed by atoms with E-state index in [9.17, 15) is 14.3 Å². The Labute approximate surface area is 159 Å². The van der Waals surface area contributed by atoms with Crippen molar-refractivity contribution in [3.8, 4) is 0 Å². The first-order valence-electron chi connectivity index (χ1n) is 9.50. The van der Waals surface area contributed by atoms with E-state index in [0.717, 1.165) is 38.0 Å². The third kappa shape index (κ3) is 4.93. The molecule has 1 aliphatic heterocycles. The van der Waals surface area contributed by atoms with Gasteiger partial charge in [-0.3, -0.25) is 4.79 Å². The molecule has 142 valence electrons. The number of Topliss-reactive ketones (excluding diaryl/α,β-unsaturated/α-hetero) is 1. The second-order valence-electron chi connectivity index (χ2n) is 7.50. The molecule has 0 aromatic rings. The predicted molar refractivity (Wildman–Crippen MR) is 103 cm³/mol. The van der Waals surface area contributed by atoms with Crippen LogP contribution in [0.25, 0.3) is 0 Å². The zero-order valence-corrected chi connectivity index (χ0v) is 15.8. The lowest BCUT2D eigenvalue weighted by Gasteiger charge is -2.39. The molecule has 2 atom stereocenters. The molecular formula is C21H27ClFNO2. The normalized spacial score (nSPS) is 28.6. The van der Waals surface area contributed by atoms with E-state index in [1.54, 1.807) is 6.08 Å². The zero-order chi connectivity index (χ0) is 18.6. The number of likely N-dealkylation sites (tertiary alicyclic amines) is 1. The number of allylic oxidation sites excluding steroid dienone is 6. The summed E-state index contributed by atoms with van der Waals surface area (Å²) >= 11 is 6.06. The molecule has 0 aromatic carbocycles. The van der Waals surface area contributed by atoms with E-state index in [0.29, 0.717) is 25.7 Å². The summed E-state index contributed by atoms with van der Waals surface area (Å²) in [5.41, 5.74) is 0.247. The molecule has 0 amide bonds. The van der Waals surface area contributed by atoms with Crippen LogP contribution in [0.15, 0.2) is 47.9 Å². The summed E-state index contributed by atoms with van der Waals surface area (Å²) < 4.78 is 13.0. The van der Waals surface area contributed by atoms with Gasteiger partial charge in [0.05, 0.1) is 11.0 Å². The van der Waals surface area contributed by atoms with Crippen LogP contribution >= 0.6 is 11.6 Å². The van der Waals surface area contributed by atoms with Crippen LogP contribution in [-0.2, 0) is 4.79 Å². The number of carbonyl (C=O) groups excluding carboxylic acids is 1. The van der Waals surface area contributed by atoms with Gasteiger partial charge in [-0.25, -0.2) is 4.39 Å². The van der Waals surface area contributed by atoms with E-state index in [4.69, 9.17) is 11.6 Å². The van der Waals surface area contributed by atoms with E-state index < -0.39 is 5.60 Å². The Bertz CT molecular complexity index is 644. The van der Waals surface area contributed by atoms with Crippen LogP contribution in [0.3, 0.4) is 0 Å². The van der Waals surface area contributed by atoms with Crippen molar-refractivity contribution in [1.82, 2.24) is 4.90 Å². The predicted octanol–water partition coefficient (Wildman–Crippen LogP) is 4.09. The van der Waals surface area contributed by atoms with E-state index in [1.165, 1.54) is 12.2 Å². The Hall–Kier alpha value is -1.23. The molecule has 0 radical (unpaired) electrons. The minimum Gasteiger partial charge on any atom is -0.385 e. The van der Waals surface area contributed by atoms with Gasteiger partial charge in [-0.15, -0.1) is 11.6 Å².